The van der Waals surface area contributed by atoms with Crippen LogP contribution in [-0.2, 0) is 6.42 Å². The summed E-state index contributed by atoms with van der Waals surface area (Å²) in [6.45, 7) is 6.59. The number of hydrogen-bond acceptors (Lipinski definition) is 2. The molecule has 2 heteroatoms. The first-order valence-corrected chi connectivity index (χ1v) is 8.09. The number of aliphatic hydroxyl groups is 1. The van der Waals surface area contributed by atoms with E-state index in [-0.39, 0.29) is 11.5 Å². The minimum Gasteiger partial charge on any atom is -0.392 e. The number of aliphatic hydroxyl groups excluding tert-OH is 1. The van der Waals surface area contributed by atoms with E-state index in [0.29, 0.717) is 5.92 Å². The van der Waals surface area contributed by atoms with Crippen LogP contribution >= 0.6 is 0 Å². The third-order valence-corrected chi connectivity index (χ3v) is 5.30. The van der Waals surface area contributed by atoms with Crippen LogP contribution in [0.25, 0.3) is 0 Å². The fraction of sp³-hybridized carbons (Fsp3) is 0.667. The van der Waals surface area contributed by atoms with Crippen LogP contribution in [-0.4, -0.2) is 24.3 Å². The predicted octanol–water partition coefficient (Wildman–Crippen LogP) is 3.63. The molecular weight excluding hydrogens is 246 g/mol. The molecule has 1 aromatic rings. The van der Waals surface area contributed by atoms with Gasteiger partial charge < -0.3 is 10.0 Å². The van der Waals surface area contributed by atoms with Crippen molar-refractivity contribution >= 4 is 5.69 Å². The van der Waals surface area contributed by atoms with Crippen LogP contribution in [0, 0.1) is 11.3 Å². The van der Waals surface area contributed by atoms with Gasteiger partial charge in [0.25, 0.3) is 0 Å². The summed E-state index contributed by atoms with van der Waals surface area (Å²) >= 11 is 0. The Morgan fingerprint density at radius 3 is 2.90 bits per heavy atom. The molecule has 20 heavy (non-hydrogen) atoms. The highest BCUT2D eigenvalue weighted by Gasteiger charge is 2.38. The zero-order valence-electron chi connectivity index (χ0n) is 12.8. The van der Waals surface area contributed by atoms with Crippen LogP contribution in [0.2, 0.25) is 0 Å². The Bertz CT molecular complexity index is 468. The number of aryl methyl sites for hydroxylation is 1. The monoisotopic (exact) mass is 273 g/mol. The van der Waals surface area contributed by atoms with Crippen molar-refractivity contribution < 1.29 is 5.11 Å². The molecular formula is C18H27NO. The van der Waals surface area contributed by atoms with E-state index < -0.39 is 0 Å². The lowest BCUT2D eigenvalue weighted by atomic mass is 9.69. The second kappa shape index (κ2) is 5.40. The van der Waals surface area contributed by atoms with Crippen molar-refractivity contribution in [1.82, 2.24) is 0 Å². The second-order valence-electron chi connectivity index (χ2n) is 7.26. The van der Waals surface area contributed by atoms with Crippen molar-refractivity contribution in [2.24, 2.45) is 11.3 Å². The van der Waals surface area contributed by atoms with Gasteiger partial charge in [-0.1, -0.05) is 38.5 Å². The van der Waals surface area contributed by atoms with Gasteiger partial charge in [0, 0.05) is 24.7 Å². The topological polar surface area (TPSA) is 23.5 Å². The van der Waals surface area contributed by atoms with E-state index in [2.05, 4.69) is 43.0 Å². The largest absolute Gasteiger partial charge is 0.392 e. The van der Waals surface area contributed by atoms with E-state index in [0.717, 1.165) is 19.5 Å². The van der Waals surface area contributed by atoms with Crippen LogP contribution in [0.5, 0.6) is 0 Å². The minimum absolute atomic E-state index is 0.0816. The van der Waals surface area contributed by atoms with Crippen LogP contribution in [0.1, 0.15) is 45.1 Å². The van der Waals surface area contributed by atoms with Crippen molar-refractivity contribution in [1.29, 1.82) is 0 Å². The zero-order chi connectivity index (χ0) is 14.2. The van der Waals surface area contributed by atoms with Crippen LogP contribution in [0.3, 0.4) is 0 Å². The van der Waals surface area contributed by atoms with Gasteiger partial charge in [-0.15, -0.1) is 0 Å². The molecule has 0 saturated heterocycles. The zero-order valence-corrected chi connectivity index (χ0v) is 12.8. The molecule has 2 nitrogen and oxygen atoms in total. The Morgan fingerprint density at radius 1 is 1.25 bits per heavy atom. The Balaban J connectivity index is 1.76. The first kappa shape index (κ1) is 13.9. The number of benzene rings is 1. The van der Waals surface area contributed by atoms with Gasteiger partial charge in [-0.25, -0.2) is 0 Å². The van der Waals surface area contributed by atoms with Crippen molar-refractivity contribution in [2.45, 2.75) is 52.1 Å². The fourth-order valence-electron chi connectivity index (χ4n) is 4.04. The average molecular weight is 273 g/mol. The summed E-state index contributed by atoms with van der Waals surface area (Å²) in [6, 6.07) is 8.77. The number of fused-ring (bicyclic) bond motifs is 1. The molecule has 1 fully saturated rings. The summed E-state index contributed by atoms with van der Waals surface area (Å²) in [4.78, 5) is 2.51. The summed E-state index contributed by atoms with van der Waals surface area (Å²) in [5.74, 6) is 0.421. The maximum absolute atomic E-state index is 10.6. The molecule has 0 amide bonds. The second-order valence-corrected chi connectivity index (χ2v) is 7.26. The molecule has 3 rings (SSSR count). The molecule has 2 atom stereocenters. The van der Waals surface area contributed by atoms with E-state index >= 15 is 0 Å². The Hall–Kier alpha value is -1.02. The van der Waals surface area contributed by atoms with E-state index in [4.69, 9.17) is 0 Å². The third-order valence-electron chi connectivity index (χ3n) is 5.30. The molecule has 1 aliphatic carbocycles. The summed E-state index contributed by atoms with van der Waals surface area (Å²) in [7, 11) is 0. The molecule has 1 aromatic carbocycles. The number of hydrogen-bond donors (Lipinski definition) is 1. The molecule has 1 heterocycles. The number of nitrogens with zero attached hydrogens (tertiary/aromatic N) is 1. The van der Waals surface area contributed by atoms with Crippen molar-refractivity contribution in [2.75, 3.05) is 18.0 Å². The maximum atomic E-state index is 10.6. The molecule has 1 N–H and O–H groups in total. The summed E-state index contributed by atoms with van der Waals surface area (Å²) in [6.07, 6.45) is 5.86. The van der Waals surface area contributed by atoms with Gasteiger partial charge in [0.2, 0.25) is 0 Å². The van der Waals surface area contributed by atoms with Gasteiger partial charge in [-0.3, -0.25) is 0 Å². The molecule has 0 radical (unpaired) electrons. The fourth-order valence-corrected chi connectivity index (χ4v) is 4.04. The SMILES string of the molecule is CC1(C)CCCC(CN2CCCc3ccccc32)C1O. The molecule has 0 bridgehead atoms. The van der Waals surface area contributed by atoms with Gasteiger partial charge in [0.05, 0.1) is 6.10 Å². The predicted molar refractivity (Wildman–Crippen MR) is 84.1 cm³/mol. The molecule has 0 aromatic heterocycles. The van der Waals surface area contributed by atoms with Gasteiger partial charge in [-0.2, -0.15) is 0 Å². The molecule has 2 aliphatic rings. The normalized spacial score (nSPS) is 29.1. The first-order valence-electron chi connectivity index (χ1n) is 8.09. The van der Waals surface area contributed by atoms with Gasteiger partial charge in [-0.05, 0) is 42.7 Å². The van der Waals surface area contributed by atoms with Crippen molar-refractivity contribution in [3.63, 3.8) is 0 Å². The Morgan fingerprint density at radius 2 is 2.05 bits per heavy atom. The number of rotatable bonds is 2. The van der Waals surface area contributed by atoms with E-state index in [1.807, 2.05) is 0 Å². The molecule has 1 saturated carbocycles. The summed E-state index contributed by atoms with van der Waals surface area (Å²) < 4.78 is 0. The van der Waals surface area contributed by atoms with Gasteiger partial charge in [0.1, 0.15) is 0 Å². The molecule has 0 spiro atoms. The van der Waals surface area contributed by atoms with E-state index in [1.165, 1.54) is 36.9 Å². The van der Waals surface area contributed by atoms with Gasteiger partial charge >= 0.3 is 0 Å². The van der Waals surface area contributed by atoms with E-state index in [9.17, 15) is 5.11 Å². The maximum Gasteiger partial charge on any atom is 0.0636 e. The highest BCUT2D eigenvalue weighted by Crippen LogP contribution is 2.40. The Labute approximate surface area is 122 Å². The molecule has 110 valence electrons. The van der Waals surface area contributed by atoms with Crippen molar-refractivity contribution in [3.8, 4) is 0 Å². The standard InChI is InChI=1S/C18H27NO/c1-18(2)11-5-8-15(17(18)20)13-19-12-6-9-14-7-3-4-10-16(14)19/h3-4,7,10,15,17,20H,5-6,8-9,11-13H2,1-2H3. The lowest BCUT2D eigenvalue weighted by Crippen LogP contribution is -2.46. The highest BCUT2D eigenvalue weighted by molar-refractivity contribution is 5.55. The highest BCUT2D eigenvalue weighted by atomic mass is 16.3. The lowest BCUT2D eigenvalue weighted by molar-refractivity contribution is -0.0293. The molecule has 1 aliphatic heterocycles. The third kappa shape index (κ3) is 2.58. The van der Waals surface area contributed by atoms with Crippen LogP contribution < -0.4 is 4.90 Å². The number of para-hydroxylation sites is 1. The van der Waals surface area contributed by atoms with Crippen LogP contribution in [0.4, 0.5) is 5.69 Å². The van der Waals surface area contributed by atoms with Crippen molar-refractivity contribution in [3.05, 3.63) is 29.8 Å². The summed E-state index contributed by atoms with van der Waals surface area (Å²) in [5, 5.41) is 10.6. The minimum atomic E-state index is -0.162. The smallest absolute Gasteiger partial charge is 0.0636 e. The quantitative estimate of drug-likeness (QED) is 0.889. The Kier molecular flexibility index (Phi) is 3.76. The number of anilines is 1. The average Bonchev–Trinajstić information content (AvgIpc) is 2.44. The molecule has 2 unspecified atom stereocenters. The van der Waals surface area contributed by atoms with Gasteiger partial charge in [0.15, 0.2) is 0 Å². The summed E-state index contributed by atoms with van der Waals surface area (Å²) in [5.41, 5.74) is 2.95. The lowest BCUT2D eigenvalue weighted by Gasteiger charge is -2.44. The first-order chi connectivity index (χ1) is 9.58. The van der Waals surface area contributed by atoms with E-state index in [1.54, 1.807) is 0 Å². The van der Waals surface area contributed by atoms with Crippen LogP contribution in [0.15, 0.2) is 24.3 Å².